The van der Waals surface area contributed by atoms with Crippen molar-refractivity contribution >= 4 is 10.9 Å². The second-order valence-electron chi connectivity index (χ2n) is 6.88. The number of aryl methyl sites for hydroxylation is 1. The molecule has 2 aromatic heterocycles. The van der Waals surface area contributed by atoms with E-state index in [1.54, 1.807) is 0 Å². The topological polar surface area (TPSA) is 54.2 Å². The van der Waals surface area contributed by atoms with Crippen LogP contribution < -0.4 is 0 Å². The van der Waals surface area contributed by atoms with Crippen molar-refractivity contribution < 1.29 is 5.11 Å². The van der Waals surface area contributed by atoms with Gasteiger partial charge in [-0.25, -0.2) is 0 Å². The third-order valence-electron chi connectivity index (χ3n) is 5.11. The van der Waals surface area contributed by atoms with Crippen molar-refractivity contribution in [1.29, 1.82) is 0 Å². The Hall–Kier alpha value is -2.24. The number of rotatable bonds is 5. The first-order valence-electron chi connectivity index (χ1n) is 8.98. The highest BCUT2D eigenvalue weighted by atomic mass is 16.3. The number of aromatic nitrogens is 3. The summed E-state index contributed by atoms with van der Waals surface area (Å²) < 4.78 is 1.95. The SMILES string of the molecule is CCn1ccc(CN2C[C@@H](Cc3ccnc4ccccc34)[C@@H](O)C2)n1. The van der Waals surface area contributed by atoms with Gasteiger partial charge in [0.25, 0.3) is 0 Å². The molecule has 130 valence electrons. The zero-order chi connectivity index (χ0) is 17.2. The van der Waals surface area contributed by atoms with Crippen molar-refractivity contribution in [2.45, 2.75) is 32.5 Å². The second kappa shape index (κ2) is 6.94. The molecule has 25 heavy (non-hydrogen) atoms. The fourth-order valence-electron chi connectivity index (χ4n) is 3.78. The van der Waals surface area contributed by atoms with E-state index in [2.05, 4.69) is 46.2 Å². The minimum Gasteiger partial charge on any atom is -0.391 e. The zero-order valence-electron chi connectivity index (χ0n) is 14.5. The van der Waals surface area contributed by atoms with Gasteiger partial charge in [0.15, 0.2) is 0 Å². The molecule has 0 saturated carbocycles. The van der Waals surface area contributed by atoms with Crippen molar-refractivity contribution in [3.8, 4) is 0 Å². The molecule has 1 N–H and O–H groups in total. The summed E-state index contributed by atoms with van der Waals surface area (Å²) in [5.74, 6) is 0.249. The van der Waals surface area contributed by atoms with Crippen LogP contribution in [0.5, 0.6) is 0 Å². The first-order chi connectivity index (χ1) is 12.2. The highest BCUT2D eigenvalue weighted by molar-refractivity contribution is 5.81. The molecule has 0 spiro atoms. The predicted octanol–water partition coefficient (Wildman–Crippen LogP) is 2.49. The molecule has 3 heterocycles. The van der Waals surface area contributed by atoms with E-state index in [9.17, 15) is 5.11 Å². The molecule has 5 heteroatoms. The molecule has 0 amide bonds. The fraction of sp³-hybridized carbons (Fsp3) is 0.400. The van der Waals surface area contributed by atoms with Crippen LogP contribution in [0.4, 0.5) is 0 Å². The smallest absolute Gasteiger partial charge is 0.0764 e. The molecular weight excluding hydrogens is 312 g/mol. The van der Waals surface area contributed by atoms with Crippen LogP contribution in [0.25, 0.3) is 10.9 Å². The van der Waals surface area contributed by atoms with E-state index in [0.717, 1.165) is 37.3 Å². The van der Waals surface area contributed by atoms with E-state index >= 15 is 0 Å². The molecule has 1 aliphatic heterocycles. The van der Waals surface area contributed by atoms with Gasteiger partial charge in [0.1, 0.15) is 0 Å². The lowest BCUT2D eigenvalue weighted by Gasteiger charge is -2.15. The summed E-state index contributed by atoms with van der Waals surface area (Å²) in [6.45, 7) is 5.40. The third-order valence-corrected chi connectivity index (χ3v) is 5.11. The maximum atomic E-state index is 10.5. The highest BCUT2D eigenvalue weighted by Crippen LogP contribution is 2.26. The van der Waals surface area contributed by atoms with Gasteiger partial charge in [-0.3, -0.25) is 14.6 Å². The molecule has 1 saturated heterocycles. The van der Waals surface area contributed by atoms with Crippen molar-refractivity contribution in [3.63, 3.8) is 0 Å². The Kier molecular flexibility index (Phi) is 4.51. The predicted molar refractivity (Wildman–Crippen MR) is 98.1 cm³/mol. The molecule has 1 fully saturated rings. The van der Waals surface area contributed by atoms with Crippen LogP contribution in [0.1, 0.15) is 18.2 Å². The summed E-state index contributed by atoms with van der Waals surface area (Å²) in [4.78, 5) is 6.74. The summed E-state index contributed by atoms with van der Waals surface area (Å²) in [7, 11) is 0. The van der Waals surface area contributed by atoms with Crippen molar-refractivity contribution in [3.05, 3.63) is 60.0 Å². The van der Waals surface area contributed by atoms with Gasteiger partial charge in [0.2, 0.25) is 0 Å². The van der Waals surface area contributed by atoms with Gasteiger partial charge in [-0.2, -0.15) is 5.10 Å². The number of hydrogen-bond acceptors (Lipinski definition) is 4. The molecule has 0 aliphatic carbocycles. The number of fused-ring (bicyclic) bond motifs is 1. The number of hydrogen-bond donors (Lipinski definition) is 1. The van der Waals surface area contributed by atoms with Crippen LogP contribution >= 0.6 is 0 Å². The van der Waals surface area contributed by atoms with E-state index in [-0.39, 0.29) is 12.0 Å². The van der Waals surface area contributed by atoms with E-state index in [0.29, 0.717) is 6.54 Å². The Morgan fingerprint density at radius 3 is 2.88 bits per heavy atom. The Morgan fingerprint density at radius 2 is 2.04 bits per heavy atom. The van der Waals surface area contributed by atoms with Crippen LogP contribution in [0, 0.1) is 5.92 Å². The van der Waals surface area contributed by atoms with E-state index < -0.39 is 0 Å². The largest absolute Gasteiger partial charge is 0.391 e. The number of likely N-dealkylation sites (tertiary alicyclic amines) is 1. The molecule has 0 radical (unpaired) electrons. The van der Waals surface area contributed by atoms with Crippen LogP contribution in [0.3, 0.4) is 0 Å². The molecule has 1 aliphatic rings. The normalized spacial score (nSPS) is 21.2. The number of β-amino-alcohol motifs (C(OH)–C–C–N with tert-alkyl or cyclic N) is 1. The lowest BCUT2D eigenvalue weighted by Crippen LogP contribution is -2.21. The summed E-state index contributed by atoms with van der Waals surface area (Å²) in [6, 6.07) is 12.4. The molecule has 2 atom stereocenters. The molecule has 3 aromatic rings. The van der Waals surface area contributed by atoms with Crippen molar-refractivity contribution in [2.24, 2.45) is 5.92 Å². The van der Waals surface area contributed by atoms with Gasteiger partial charge in [0.05, 0.1) is 17.3 Å². The van der Waals surface area contributed by atoms with E-state index in [1.807, 2.05) is 29.2 Å². The molecular formula is C20H24N4O. The average molecular weight is 336 g/mol. The minimum absolute atomic E-state index is 0.249. The molecule has 1 aromatic carbocycles. The number of nitrogens with zero attached hydrogens (tertiary/aromatic N) is 4. The second-order valence-corrected chi connectivity index (χ2v) is 6.88. The maximum Gasteiger partial charge on any atom is 0.0764 e. The summed E-state index contributed by atoms with van der Waals surface area (Å²) in [5.41, 5.74) is 3.37. The first kappa shape index (κ1) is 16.2. The van der Waals surface area contributed by atoms with E-state index in [1.165, 1.54) is 10.9 Å². The van der Waals surface area contributed by atoms with Crippen LogP contribution in [0.2, 0.25) is 0 Å². The minimum atomic E-state index is -0.291. The van der Waals surface area contributed by atoms with Gasteiger partial charge >= 0.3 is 0 Å². The first-order valence-corrected chi connectivity index (χ1v) is 8.98. The number of para-hydroxylation sites is 1. The summed E-state index contributed by atoms with van der Waals surface area (Å²) in [6.07, 6.45) is 4.47. The van der Waals surface area contributed by atoms with Crippen molar-refractivity contribution in [1.82, 2.24) is 19.7 Å². The molecule has 0 unspecified atom stereocenters. The quantitative estimate of drug-likeness (QED) is 0.778. The Morgan fingerprint density at radius 1 is 1.16 bits per heavy atom. The highest BCUT2D eigenvalue weighted by Gasteiger charge is 2.31. The fourth-order valence-corrected chi connectivity index (χ4v) is 3.78. The Bertz CT molecular complexity index is 854. The van der Waals surface area contributed by atoms with Gasteiger partial charge < -0.3 is 5.11 Å². The molecule has 5 nitrogen and oxygen atoms in total. The van der Waals surface area contributed by atoms with Gasteiger partial charge in [0, 0.05) is 49.9 Å². The Labute approximate surface area is 147 Å². The average Bonchev–Trinajstić information content (AvgIpc) is 3.22. The van der Waals surface area contributed by atoms with Crippen molar-refractivity contribution in [2.75, 3.05) is 13.1 Å². The molecule has 0 bridgehead atoms. The zero-order valence-corrected chi connectivity index (χ0v) is 14.5. The van der Waals surface area contributed by atoms with Crippen LogP contribution in [-0.4, -0.2) is 44.0 Å². The summed E-state index contributed by atoms with van der Waals surface area (Å²) in [5, 5.41) is 16.3. The van der Waals surface area contributed by atoms with Gasteiger partial charge in [-0.05, 0) is 37.1 Å². The van der Waals surface area contributed by atoms with Crippen LogP contribution in [0.15, 0.2) is 48.8 Å². The van der Waals surface area contributed by atoms with Gasteiger partial charge in [-0.1, -0.05) is 18.2 Å². The number of pyridine rings is 1. The number of aliphatic hydroxyl groups excluding tert-OH is 1. The lowest BCUT2D eigenvalue weighted by atomic mass is 9.94. The third kappa shape index (κ3) is 3.43. The monoisotopic (exact) mass is 336 g/mol. The lowest BCUT2D eigenvalue weighted by molar-refractivity contribution is 0.141. The number of benzene rings is 1. The Balaban J connectivity index is 1.46. The molecule has 4 rings (SSSR count). The number of aliphatic hydroxyl groups is 1. The van der Waals surface area contributed by atoms with Crippen LogP contribution in [-0.2, 0) is 19.5 Å². The summed E-state index contributed by atoms with van der Waals surface area (Å²) >= 11 is 0. The van der Waals surface area contributed by atoms with E-state index in [4.69, 9.17) is 0 Å². The maximum absolute atomic E-state index is 10.5. The standard InChI is InChI=1S/C20H24N4O/c1-2-24-10-8-17(22-24)13-23-12-16(20(25)14-23)11-15-7-9-21-19-6-4-3-5-18(15)19/h3-10,16,20,25H,2,11-14H2,1H3/t16-,20+/m1/s1. The van der Waals surface area contributed by atoms with Gasteiger partial charge in [-0.15, -0.1) is 0 Å².